The van der Waals surface area contributed by atoms with E-state index in [0.717, 1.165) is 12.1 Å². The summed E-state index contributed by atoms with van der Waals surface area (Å²) in [6.45, 7) is 3.19. The van der Waals surface area contributed by atoms with E-state index in [-0.39, 0.29) is 17.9 Å². The number of aromatic nitrogens is 2. The highest BCUT2D eigenvalue weighted by Gasteiger charge is 2.30. The van der Waals surface area contributed by atoms with Crippen LogP contribution in [0.4, 0.5) is 14.6 Å². The Morgan fingerprint density at radius 2 is 1.87 bits per heavy atom. The zero-order valence-electron chi connectivity index (χ0n) is 17.1. The van der Waals surface area contributed by atoms with Crippen LogP contribution in [0.5, 0.6) is 0 Å². The van der Waals surface area contributed by atoms with Crippen LogP contribution in [0.2, 0.25) is 0 Å². The number of carbonyl (C=O) groups is 2. The molecule has 0 aliphatic rings. The van der Waals surface area contributed by atoms with Gasteiger partial charge < -0.3 is 20.9 Å². The molecule has 0 aliphatic carbocycles. The molecule has 0 radical (unpaired) electrons. The van der Waals surface area contributed by atoms with Crippen LogP contribution in [0, 0.1) is 11.6 Å². The van der Waals surface area contributed by atoms with Crippen molar-refractivity contribution in [3.63, 3.8) is 0 Å². The number of amides is 2. The summed E-state index contributed by atoms with van der Waals surface area (Å²) < 4.78 is 28.3. The number of imidazole rings is 1. The third kappa shape index (κ3) is 5.13. The van der Waals surface area contributed by atoms with Crippen LogP contribution < -0.4 is 16.4 Å². The second kappa shape index (κ2) is 9.05. The number of nitrogens with zero attached hydrogens (tertiary/aromatic N) is 2. The molecule has 0 unspecified atom stereocenters. The summed E-state index contributed by atoms with van der Waals surface area (Å²) in [6.07, 6.45) is 2.91. The van der Waals surface area contributed by atoms with E-state index in [1.807, 2.05) is 6.07 Å². The first-order chi connectivity index (χ1) is 14.7. The number of hydrogen-bond donors (Lipinski definition) is 3. The Morgan fingerprint density at radius 3 is 2.55 bits per heavy atom. The number of benzene rings is 2. The molecular weight excluding hydrogens is 404 g/mol. The molecule has 0 fully saturated rings. The van der Waals surface area contributed by atoms with Crippen LogP contribution >= 0.6 is 0 Å². The summed E-state index contributed by atoms with van der Waals surface area (Å²) in [5.41, 5.74) is 5.71. The molecule has 2 aromatic carbocycles. The number of anilines is 1. The summed E-state index contributed by atoms with van der Waals surface area (Å²) in [4.78, 5) is 29.2. The molecule has 31 heavy (non-hydrogen) atoms. The molecule has 1 aromatic heterocycles. The van der Waals surface area contributed by atoms with E-state index < -0.39 is 35.0 Å². The van der Waals surface area contributed by atoms with Crippen LogP contribution in [-0.2, 0) is 21.7 Å². The topological polar surface area (TPSA) is 102 Å². The van der Waals surface area contributed by atoms with Gasteiger partial charge in [-0.3, -0.25) is 9.59 Å². The van der Waals surface area contributed by atoms with Gasteiger partial charge in [0.1, 0.15) is 23.2 Å². The average Bonchev–Trinajstić information content (AvgIpc) is 3.22. The fourth-order valence-electron chi connectivity index (χ4n) is 2.88. The fraction of sp³-hybridized carbons (Fsp3) is 0.227. The average molecular weight is 427 g/mol. The Kier molecular flexibility index (Phi) is 6.45. The zero-order valence-corrected chi connectivity index (χ0v) is 17.1. The SMILES string of the molecule is CC(C)(C(=O)NCc1ccc(F)cc1F)n1cnc(NC(=O)[C@@H](N)c2ccccc2)c1. The van der Waals surface area contributed by atoms with Gasteiger partial charge in [0.05, 0.1) is 6.33 Å². The summed E-state index contributed by atoms with van der Waals surface area (Å²) in [7, 11) is 0. The highest BCUT2D eigenvalue weighted by atomic mass is 19.1. The van der Waals surface area contributed by atoms with Gasteiger partial charge in [0.15, 0.2) is 5.82 Å². The number of rotatable bonds is 7. The van der Waals surface area contributed by atoms with Gasteiger partial charge in [-0.2, -0.15) is 0 Å². The van der Waals surface area contributed by atoms with E-state index in [1.165, 1.54) is 23.2 Å². The quantitative estimate of drug-likeness (QED) is 0.540. The van der Waals surface area contributed by atoms with E-state index in [9.17, 15) is 18.4 Å². The van der Waals surface area contributed by atoms with Gasteiger partial charge >= 0.3 is 0 Å². The van der Waals surface area contributed by atoms with E-state index in [1.54, 1.807) is 38.1 Å². The molecule has 2 amide bonds. The lowest BCUT2D eigenvalue weighted by atomic mass is 10.0. The van der Waals surface area contributed by atoms with Crippen LogP contribution in [0.1, 0.15) is 31.0 Å². The van der Waals surface area contributed by atoms with Crippen LogP contribution in [0.3, 0.4) is 0 Å². The predicted molar refractivity (Wildman–Crippen MR) is 112 cm³/mol. The number of hydrogen-bond acceptors (Lipinski definition) is 4. The second-order valence-electron chi connectivity index (χ2n) is 7.52. The smallest absolute Gasteiger partial charge is 0.247 e. The molecule has 9 heteroatoms. The Hall–Kier alpha value is -3.59. The van der Waals surface area contributed by atoms with Crippen molar-refractivity contribution in [2.45, 2.75) is 32.0 Å². The molecule has 0 bridgehead atoms. The largest absolute Gasteiger partial charge is 0.350 e. The maximum Gasteiger partial charge on any atom is 0.247 e. The van der Waals surface area contributed by atoms with Gasteiger partial charge in [0.25, 0.3) is 0 Å². The standard InChI is InChI=1S/C22H23F2N5O2/c1-22(2,21(31)26-11-15-8-9-16(23)10-17(15)24)29-12-18(27-13-29)28-20(30)19(25)14-6-4-3-5-7-14/h3-10,12-13,19H,11,25H2,1-2H3,(H,26,31)(H,28,30)/t19-/m0/s1. The van der Waals surface area contributed by atoms with Crippen molar-refractivity contribution >= 4 is 17.6 Å². The minimum absolute atomic E-state index is 0.0986. The maximum absolute atomic E-state index is 13.8. The maximum atomic E-state index is 13.8. The molecular formula is C22H23F2N5O2. The monoisotopic (exact) mass is 427 g/mol. The van der Waals surface area contributed by atoms with E-state index in [4.69, 9.17) is 5.73 Å². The number of nitrogens with two attached hydrogens (primary N) is 1. The van der Waals surface area contributed by atoms with Crippen LogP contribution in [0.25, 0.3) is 0 Å². The lowest BCUT2D eigenvalue weighted by Gasteiger charge is -2.25. The summed E-state index contributed by atoms with van der Waals surface area (Å²) in [5.74, 6) is -2.03. The number of halogens is 2. The van der Waals surface area contributed by atoms with E-state index >= 15 is 0 Å². The molecule has 3 rings (SSSR count). The van der Waals surface area contributed by atoms with E-state index in [2.05, 4.69) is 15.6 Å². The van der Waals surface area contributed by atoms with Crippen molar-refractivity contribution in [3.8, 4) is 0 Å². The predicted octanol–water partition coefficient (Wildman–Crippen LogP) is 2.85. The van der Waals surface area contributed by atoms with E-state index in [0.29, 0.717) is 5.56 Å². The minimum atomic E-state index is -1.09. The molecule has 7 nitrogen and oxygen atoms in total. The summed E-state index contributed by atoms with van der Waals surface area (Å²) >= 11 is 0. The van der Waals surface area contributed by atoms with Gasteiger partial charge in [-0.05, 0) is 25.5 Å². The van der Waals surface area contributed by atoms with Gasteiger partial charge in [0, 0.05) is 24.4 Å². The lowest BCUT2D eigenvalue weighted by Crippen LogP contribution is -2.43. The van der Waals surface area contributed by atoms with Crippen molar-refractivity contribution in [2.75, 3.05) is 5.32 Å². The van der Waals surface area contributed by atoms with Crippen molar-refractivity contribution in [1.29, 1.82) is 0 Å². The third-order valence-corrected chi connectivity index (χ3v) is 4.93. The van der Waals surface area contributed by atoms with Crippen LogP contribution in [-0.4, -0.2) is 21.4 Å². The lowest BCUT2D eigenvalue weighted by molar-refractivity contribution is -0.128. The molecule has 3 aromatic rings. The van der Waals surface area contributed by atoms with Gasteiger partial charge in [-0.15, -0.1) is 0 Å². The molecule has 4 N–H and O–H groups in total. The number of carbonyl (C=O) groups excluding carboxylic acids is 2. The molecule has 0 saturated heterocycles. The van der Waals surface area contributed by atoms with Crippen molar-refractivity contribution < 1.29 is 18.4 Å². The van der Waals surface area contributed by atoms with Gasteiger partial charge in [0.2, 0.25) is 11.8 Å². The van der Waals surface area contributed by atoms with Crippen LogP contribution in [0.15, 0.2) is 61.1 Å². The highest BCUT2D eigenvalue weighted by Crippen LogP contribution is 2.19. The number of nitrogens with one attached hydrogen (secondary N) is 2. The summed E-state index contributed by atoms with van der Waals surface area (Å²) in [6, 6.07) is 11.2. The van der Waals surface area contributed by atoms with Crippen molar-refractivity contribution in [1.82, 2.24) is 14.9 Å². The molecule has 1 heterocycles. The Morgan fingerprint density at radius 1 is 1.16 bits per heavy atom. The molecule has 0 aliphatic heterocycles. The molecule has 0 spiro atoms. The van der Waals surface area contributed by atoms with Gasteiger partial charge in [-0.25, -0.2) is 13.8 Å². The van der Waals surface area contributed by atoms with Crippen molar-refractivity contribution in [2.24, 2.45) is 5.73 Å². The molecule has 0 saturated carbocycles. The molecule has 1 atom stereocenters. The first-order valence-corrected chi connectivity index (χ1v) is 9.56. The Balaban J connectivity index is 1.64. The molecule has 162 valence electrons. The summed E-state index contributed by atoms with van der Waals surface area (Å²) in [5, 5.41) is 5.26. The third-order valence-electron chi connectivity index (χ3n) is 4.93. The Labute approximate surface area is 178 Å². The van der Waals surface area contributed by atoms with Crippen molar-refractivity contribution in [3.05, 3.63) is 83.8 Å². The Bertz CT molecular complexity index is 1080. The first-order valence-electron chi connectivity index (χ1n) is 9.56. The second-order valence-corrected chi connectivity index (χ2v) is 7.52. The normalized spacial score (nSPS) is 12.3. The highest BCUT2D eigenvalue weighted by molar-refractivity contribution is 5.94. The minimum Gasteiger partial charge on any atom is -0.350 e. The zero-order chi connectivity index (χ0) is 22.6. The fourth-order valence-corrected chi connectivity index (χ4v) is 2.88. The first kappa shape index (κ1) is 22.1. The van der Waals surface area contributed by atoms with Gasteiger partial charge in [-0.1, -0.05) is 36.4 Å².